The fraction of sp³-hybridized carbons (Fsp3) is 0.667. The van der Waals surface area contributed by atoms with E-state index in [1.165, 1.54) is 24.8 Å². The molecule has 0 saturated carbocycles. The Bertz CT molecular complexity index is 368. The van der Waals surface area contributed by atoms with Crippen molar-refractivity contribution in [1.82, 2.24) is 15.5 Å². The third kappa shape index (κ3) is 2.70. The Morgan fingerprint density at radius 1 is 1.56 bits per heavy atom. The maximum absolute atomic E-state index is 5.13. The minimum absolute atomic E-state index is 0.636. The first-order chi connectivity index (χ1) is 7.79. The summed E-state index contributed by atoms with van der Waals surface area (Å²) >= 11 is 0. The van der Waals surface area contributed by atoms with Crippen LogP contribution in [-0.4, -0.2) is 23.2 Å². The molecule has 2 rings (SSSR count). The van der Waals surface area contributed by atoms with Crippen molar-refractivity contribution in [2.75, 3.05) is 13.1 Å². The maximum atomic E-state index is 5.13. The third-order valence-electron chi connectivity index (χ3n) is 3.01. The molecule has 1 aromatic rings. The first-order valence-corrected chi connectivity index (χ1v) is 6.01. The van der Waals surface area contributed by atoms with Crippen LogP contribution in [0.25, 0.3) is 6.08 Å². The summed E-state index contributed by atoms with van der Waals surface area (Å²) in [4.78, 5) is 4.22. The lowest BCUT2D eigenvalue weighted by molar-refractivity contribution is 0.401. The van der Waals surface area contributed by atoms with E-state index >= 15 is 0 Å². The molecule has 16 heavy (non-hydrogen) atoms. The molecule has 4 heteroatoms. The summed E-state index contributed by atoms with van der Waals surface area (Å²) in [7, 11) is 0. The molecule has 0 spiro atoms. The molecule has 1 aliphatic heterocycles. The molecule has 0 aliphatic carbocycles. The summed E-state index contributed by atoms with van der Waals surface area (Å²) in [6.07, 6.45) is 5.74. The van der Waals surface area contributed by atoms with Crippen molar-refractivity contribution < 1.29 is 4.52 Å². The van der Waals surface area contributed by atoms with Crippen LogP contribution in [0.15, 0.2) is 10.1 Å². The molecular weight excluding hydrogens is 202 g/mol. The zero-order chi connectivity index (χ0) is 11.4. The topological polar surface area (TPSA) is 51.0 Å². The molecule has 88 valence electrons. The van der Waals surface area contributed by atoms with E-state index in [-0.39, 0.29) is 0 Å². The van der Waals surface area contributed by atoms with Crippen LogP contribution in [0.1, 0.15) is 37.9 Å². The number of aromatic nitrogens is 2. The van der Waals surface area contributed by atoms with E-state index in [4.69, 9.17) is 4.52 Å². The highest BCUT2D eigenvalue weighted by molar-refractivity contribution is 5.45. The summed E-state index contributed by atoms with van der Waals surface area (Å²) in [5.74, 6) is 2.01. The lowest BCUT2D eigenvalue weighted by atomic mass is 9.88. The summed E-state index contributed by atoms with van der Waals surface area (Å²) < 4.78 is 5.13. The standard InChI is InChI=1S/C12H19N3O/c1-3-4-10-5-6-13-8-11(10)7-12-14-9(2)15-16-12/h7,10,13H,3-6,8H2,1-2H3/b11-7-. The molecule has 2 heterocycles. The average Bonchev–Trinajstić information content (AvgIpc) is 2.67. The molecular formula is C12H19N3O. The van der Waals surface area contributed by atoms with Crippen LogP contribution >= 0.6 is 0 Å². The molecule has 1 fully saturated rings. The van der Waals surface area contributed by atoms with Gasteiger partial charge in [0.25, 0.3) is 5.89 Å². The SMILES string of the molecule is CCCC1CCNC/C1=C/c1nc(C)no1. The van der Waals surface area contributed by atoms with Gasteiger partial charge in [-0.25, -0.2) is 0 Å². The zero-order valence-corrected chi connectivity index (χ0v) is 9.99. The number of aryl methyl sites for hydroxylation is 1. The van der Waals surface area contributed by atoms with Crippen molar-refractivity contribution in [1.29, 1.82) is 0 Å². The van der Waals surface area contributed by atoms with Gasteiger partial charge in [0, 0.05) is 12.6 Å². The van der Waals surface area contributed by atoms with Gasteiger partial charge in [-0.15, -0.1) is 0 Å². The minimum atomic E-state index is 0.636. The summed E-state index contributed by atoms with van der Waals surface area (Å²) in [5.41, 5.74) is 1.40. The van der Waals surface area contributed by atoms with E-state index in [0.29, 0.717) is 17.6 Å². The Morgan fingerprint density at radius 2 is 2.44 bits per heavy atom. The van der Waals surface area contributed by atoms with E-state index in [1.807, 2.05) is 13.0 Å². The molecule has 1 aliphatic rings. The van der Waals surface area contributed by atoms with Gasteiger partial charge in [-0.1, -0.05) is 18.5 Å². The van der Waals surface area contributed by atoms with Crippen LogP contribution < -0.4 is 5.32 Å². The zero-order valence-electron chi connectivity index (χ0n) is 9.99. The quantitative estimate of drug-likeness (QED) is 0.850. The third-order valence-corrected chi connectivity index (χ3v) is 3.01. The number of nitrogens with zero attached hydrogens (tertiary/aromatic N) is 2. The fourth-order valence-electron chi connectivity index (χ4n) is 2.22. The van der Waals surface area contributed by atoms with E-state index in [0.717, 1.165) is 13.1 Å². The second kappa shape index (κ2) is 5.25. The first-order valence-electron chi connectivity index (χ1n) is 6.01. The van der Waals surface area contributed by atoms with Gasteiger partial charge in [0.1, 0.15) is 0 Å². The smallest absolute Gasteiger partial charge is 0.250 e. The summed E-state index contributed by atoms with van der Waals surface area (Å²) in [6, 6.07) is 0. The van der Waals surface area contributed by atoms with Gasteiger partial charge in [-0.2, -0.15) is 4.98 Å². The van der Waals surface area contributed by atoms with Crippen LogP contribution in [0.4, 0.5) is 0 Å². The average molecular weight is 221 g/mol. The van der Waals surface area contributed by atoms with Crippen molar-refractivity contribution in [2.45, 2.75) is 33.1 Å². The molecule has 4 nitrogen and oxygen atoms in total. The van der Waals surface area contributed by atoms with Crippen molar-refractivity contribution in [2.24, 2.45) is 5.92 Å². The summed E-state index contributed by atoms with van der Waals surface area (Å²) in [6.45, 7) is 6.14. The first kappa shape index (κ1) is 11.3. The van der Waals surface area contributed by atoms with Gasteiger partial charge in [0.15, 0.2) is 5.82 Å². The van der Waals surface area contributed by atoms with Crippen molar-refractivity contribution in [3.63, 3.8) is 0 Å². The molecule has 0 aromatic carbocycles. The predicted octanol–water partition coefficient (Wildman–Crippen LogP) is 2.17. The predicted molar refractivity (Wildman–Crippen MR) is 62.9 cm³/mol. The molecule has 1 atom stereocenters. The number of hydrogen-bond donors (Lipinski definition) is 1. The molecule has 1 aromatic heterocycles. The van der Waals surface area contributed by atoms with Gasteiger partial charge in [0.05, 0.1) is 0 Å². The van der Waals surface area contributed by atoms with Crippen LogP contribution in [0.5, 0.6) is 0 Å². The summed E-state index contributed by atoms with van der Waals surface area (Å²) in [5, 5.41) is 7.19. The van der Waals surface area contributed by atoms with Gasteiger partial charge < -0.3 is 9.84 Å². The Kier molecular flexibility index (Phi) is 3.72. The molecule has 0 amide bonds. The maximum Gasteiger partial charge on any atom is 0.250 e. The molecule has 0 bridgehead atoms. The van der Waals surface area contributed by atoms with Crippen LogP contribution in [0.3, 0.4) is 0 Å². The largest absolute Gasteiger partial charge is 0.335 e. The highest BCUT2D eigenvalue weighted by Crippen LogP contribution is 2.24. The number of piperidine rings is 1. The number of rotatable bonds is 3. The lowest BCUT2D eigenvalue weighted by Gasteiger charge is -2.25. The van der Waals surface area contributed by atoms with Gasteiger partial charge >= 0.3 is 0 Å². The normalized spacial score (nSPS) is 23.9. The molecule has 1 saturated heterocycles. The Labute approximate surface area is 96.1 Å². The molecule has 1 N–H and O–H groups in total. The number of nitrogens with one attached hydrogen (secondary N) is 1. The minimum Gasteiger partial charge on any atom is -0.335 e. The van der Waals surface area contributed by atoms with Crippen LogP contribution in [-0.2, 0) is 0 Å². The Hall–Kier alpha value is -1.16. The van der Waals surface area contributed by atoms with Gasteiger partial charge in [-0.05, 0) is 37.8 Å². The Balaban J connectivity index is 2.12. The highest BCUT2D eigenvalue weighted by Gasteiger charge is 2.18. The highest BCUT2D eigenvalue weighted by atomic mass is 16.5. The Morgan fingerprint density at radius 3 is 3.12 bits per heavy atom. The van der Waals surface area contributed by atoms with Gasteiger partial charge in [-0.3, -0.25) is 0 Å². The van der Waals surface area contributed by atoms with Gasteiger partial charge in [0.2, 0.25) is 0 Å². The van der Waals surface area contributed by atoms with E-state index in [9.17, 15) is 0 Å². The van der Waals surface area contributed by atoms with E-state index in [2.05, 4.69) is 22.4 Å². The van der Waals surface area contributed by atoms with E-state index < -0.39 is 0 Å². The van der Waals surface area contributed by atoms with Crippen LogP contribution in [0.2, 0.25) is 0 Å². The fourth-order valence-corrected chi connectivity index (χ4v) is 2.22. The molecule has 1 unspecified atom stereocenters. The van der Waals surface area contributed by atoms with Crippen molar-refractivity contribution >= 4 is 6.08 Å². The van der Waals surface area contributed by atoms with Crippen LogP contribution in [0, 0.1) is 12.8 Å². The lowest BCUT2D eigenvalue weighted by Crippen LogP contribution is -2.30. The molecule has 0 radical (unpaired) electrons. The van der Waals surface area contributed by atoms with Crippen molar-refractivity contribution in [3.05, 3.63) is 17.3 Å². The second-order valence-electron chi connectivity index (χ2n) is 4.35. The monoisotopic (exact) mass is 221 g/mol. The van der Waals surface area contributed by atoms with E-state index in [1.54, 1.807) is 0 Å². The van der Waals surface area contributed by atoms with Crippen molar-refractivity contribution in [3.8, 4) is 0 Å². The second-order valence-corrected chi connectivity index (χ2v) is 4.35. The number of hydrogen-bond acceptors (Lipinski definition) is 4.